The molecule has 1 aromatic rings. The first kappa shape index (κ1) is 17.1. The summed E-state index contributed by atoms with van der Waals surface area (Å²) < 4.78 is 5.37. The fourth-order valence-electron chi connectivity index (χ4n) is 2.75. The first-order valence-corrected chi connectivity index (χ1v) is 8.20. The zero-order chi connectivity index (χ0) is 16.1. The predicted octanol–water partition coefficient (Wildman–Crippen LogP) is 3.72. The van der Waals surface area contributed by atoms with Gasteiger partial charge < -0.3 is 15.0 Å². The van der Waals surface area contributed by atoms with Crippen molar-refractivity contribution >= 4 is 17.6 Å². The minimum atomic E-state index is -0.0412. The van der Waals surface area contributed by atoms with E-state index < -0.39 is 0 Å². The van der Waals surface area contributed by atoms with Gasteiger partial charge in [0.2, 0.25) is 0 Å². The van der Waals surface area contributed by atoms with Crippen LogP contribution in [-0.4, -0.2) is 37.7 Å². The molecule has 0 unspecified atom stereocenters. The highest BCUT2D eigenvalue weighted by molar-refractivity contribution is 6.30. The van der Waals surface area contributed by atoms with Crippen molar-refractivity contribution in [3.05, 3.63) is 34.9 Å². The fraction of sp³-hybridized carbons (Fsp3) is 0.588. The van der Waals surface area contributed by atoms with Crippen LogP contribution in [0.25, 0.3) is 0 Å². The van der Waals surface area contributed by atoms with Gasteiger partial charge in [-0.25, -0.2) is 4.79 Å². The predicted molar refractivity (Wildman–Crippen MR) is 89.1 cm³/mol. The summed E-state index contributed by atoms with van der Waals surface area (Å²) in [4.78, 5) is 14.2. The first-order valence-electron chi connectivity index (χ1n) is 7.82. The molecule has 1 saturated heterocycles. The van der Waals surface area contributed by atoms with Gasteiger partial charge in [-0.15, -0.1) is 0 Å². The Hall–Kier alpha value is -1.26. The monoisotopic (exact) mass is 324 g/mol. The number of urea groups is 1. The number of nitrogens with one attached hydrogen (secondary N) is 1. The van der Waals surface area contributed by atoms with Gasteiger partial charge in [-0.2, -0.15) is 0 Å². The maximum atomic E-state index is 12.4. The quantitative estimate of drug-likeness (QED) is 0.897. The Balaban J connectivity index is 1.97. The molecule has 1 aromatic carbocycles. The molecular weight excluding hydrogens is 300 g/mol. The van der Waals surface area contributed by atoms with Crippen LogP contribution in [0.1, 0.15) is 31.9 Å². The van der Waals surface area contributed by atoms with E-state index in [0.29, 0.717) is 16.9 Å². The summed E-state index contributed by atoms with van der Waals surface area (Å²) >= 11 is 5.94. The van der Waals surface area contributed by atoms with Crippen LogP contribution in [0.3, 0.4) is 0 Å². The Bertz CT molecular complexity index is 484. The standard InChI is InChI=1S/C17H25ClN2O2/c1-12(2)16(14-4-6-15(18)7-5-14)19-17(21)20(3)10-13-8-9-22-11-13/h4-7,12-13,16H,8-11H2,1-3H3,(H,19,21)/t13-,16+/m1/s1. The molecule has 1 N–H and O–H groups in total. The van der Waals surface area contributed by atoms with Gasteiger partial charge in [-0.1, -0.05) is 37.6 Å². The number of benzene rings is 1. The molecule has 22 heavy (non-hydrogen) atoms. The summed E-state index contributed by atoms with van der Waals surface area (Å²) in [5.41, 5.74) is 1.07. The van der Waals surface area contributed by atoms with Gasteiger partial charge in [0.05, 0.1) is 12.6 Å². The number of hydrogen-bond acceptors (Lipinski definition) is 2. The van der Waals surface area contributed by atoms with Crippen LogP contribution in [0.5, 0.6) is 0 Å². The van der Waals surface area contributed by atoms with Crippen molar-refractivity contribution in [1.29, 1.82) is 0 Å². The van der Waals surface area contributed by atoms with Crippen molar-refractivity contribution in [2.45, 2.75) is 26.3 Å². The van der Waals surface area contributed by atoms with E-state index in [-0.39, 0.29) is 12.1 Å². The van der Waals surface area contributed by atoms with Gasteiger partial charge in [-0.3, -0.25) is 0 Å². The van der Waals surface area contributed by atoms with Crippen molar-refractivity contribution in [3.63, 3.8) is 0 Å². The molecule has 4 nitrogen and oxygen atoms in total. The number of carbonyl (C=O) groups is 1. The van der Waals surface area contributed by atoms with E-state index in [2.05, 4.69) is 19.2 Å². The fourth-order valence-corrected chi connectivity index (χ4v) is 2.87. The molecule has 0 spiro atoms. The number of halogens is 1. The summed E-state index contributed by atoms with van der Waals surface area (Å²) in [6.45, 7) is 6.49. The molecule has 122 valence electrons. The molecule has 1 aliphatic heterocycles. The van der Waals surface area contributed by atoms with Gasteiger partial charge in [0.25, 0.3) is 0 Å². The minimum absolute atomic E-state index is 0.0213. The highest BCUT2D eigenvalue weighted by Gasteiger charge is 2.23. The number of hydrogen-bond donors (Lipinski definition) is 1. The average Bonchev–Trinajstić information content (AvgIpc) is 2.98. The van der Waals surface area contributed by atoms with Crippen molar-refractivity contribution in [2.75, 3.05) is 26.8 Å². The van der Waals surface area contributed by atoms with E-state index in [1.807, 2.05) is 31.3 Å². The van der Waals surface area contributed by atoms with Crippen LogP contribution in [0.4, 0.5) is 4.79 Å². The molecule has 1 heterocycles. The van der Waals surface area contributed by atoms with Crippen LogP contribution in [0, 0.1) is 11.8 Å². The third-order valence-electron chi connectivity index (χ3n) is 4.08. The van der Waals surface area contributed by atoms with E-state index in [1.165, 1.54) is 0 Å². The molecule has 1 fully saturated rings. The topological polar surface area (TPSA) is 41.6 Å². The van der Waals surface area contributed by atoms with Gasteiger partial charge in [0, 0.05) is 31.1 Å². The first-order chi connectivity index (χ1) is 10.5. The Kier molecular flexibility index (Phi) is 6.09. The molecule has 2 rings (SSSR count). The molecule has 0 saturated carbocycles. The third-order valence-corrected chi connectivity index (χ3v) is 4.33. The van der Waals surface area contributed by atoms with Crippen molar-refractivity contribution in [1.82, 2.24) is 10.2 Å². The second kappa shape index (κ2) is 7.84. The zero-order valence-corrected chi connectivity index (χ0v) is 14.3. The van der Waals surface area contributed by atoms with E-state index in [1.54, 1.807) is 4.90 Å². The maximum Gasteiger partial charge on any atom is 0.317 e. The lowest BCUT2D eigenvalue weighted by molar-refractivity contribution is 0.169. The number of nitrogens with zero attached hydrogens (tertiary/aromatic N) is 1. The smallest absolute Gasteiger partial charge is 0.317 e. The van der Waals surface area contributed by atoms with E-state index >= 15 is 0 Å². The average molecular weight is 325 g/mol. The maximum absolute atomic E-state index is 12.4. The molecule has 0 aliphatic carbocycles. The lowest BCUT2D eigenvalue weighted by Gasteiger charge is -2.27. The van der Waals surface area contributed by atoms with Gasteiger partial charge in [0.15, 0.2) is 0 Å². The minimum Gasteiger partial charge on any atom is -0.381 e. The lowest BCUT2D eigenvalue weighted by Crippen LogP contribution is -2.42. The van der Waals surface area contributed by atoms with Crippen LogP contribution in [-0.2, 0) is 4.74 Å². The third kappa shape index (κ3) is 4.62. The number of ether oxygens (including phenoxy) is 1. The second-order valence-electron chi connectivity index (χ2n) is 6.33. The van der Waals surface area contributed by atoms with Gasteiger partial charge >= 0.3 is 6.03 Å². The molecule has 0 aromatic heterocycles. The normalized spacial score (nSPS) is 19.2. The lowest BCUT2D eigenvalue weighted by atomic mass is 9.96. The van der Waals surface area contributed by atoms with Crippen molar-refractivity contribution in [2.24, 2.45) is 11.8 Å². The number of amides is 2. The van der Waals surface area contributed by atoms with E-state index in [0.717, 1.165) is 31.7 Å². The highest BCUT2D eigenvalue weighted by Crippen LogP contribution is 2.23. The zero-order valence-electron chi connectivity index (χ0n) is 13.5. The largest absolute Gasteiger partial charge is 0.381 e. The number of carbonyl (C=O) groups excluding carboxylic acids is 1. The number of rotatable bonds is 5. The SMILES string of the molecule is CC(C)[C@H](NC(=O)N(C)C[C@H]1CCOC1)c1ccc(Cl)cc1. The summed E-state index contributed by atoms with van der Waals surface area (Å²) in [5.74, 6) is 0.747. The summed E-state index contributed by atoms with van der Waals surface area (Å²) in [7, 11) is 1.84. The van der Waals surface area contributed by atoms with Gasteiger partial charge in [0.1, 0.15) is 0 Å². The molecule has 0 radical (unpaired) electrons. The van der Waals surface area contributed by atoms with E-state index in [4.69, 9.17) is 16.3 Å². The Morgan fingerprint density at radius 1 is 1.41 bits per heavy atom. The van der Waals surface area contributed by atoms with Crippen LogP contribution < -0.4 is 5.32 Å². The Labute approximate surface area is 137 Å². The molecule has 5 heteroatoms. The Morgan fingerprint density at radius 3 is 2.64 bits per heavy atom. The molecule has 2 amide bonds. The van der Waals surface area contributed by atoms with E-state index in [9.17, 15) is 4.79 Å². The summed E-state index contributed by atoms with van der Waals surface area (Å²) in [6.07, 6.45) is 1.03. The molecular formula is C17H25ClN2O2. The molecule has 2 atom stereocenters. The van der Waals surface area contributed by atoms with Crippen LogP contribution >= 0.6 is 11.6 Å². The Morgan fingerprint density at radius 2 is 2.09 bits per heavy atom. The van der Waals surface area contributed by atoms with Crippen LogP contribution in [0.15, 0.2) is 24.3 Å². The molecule has 0 bridgehead atoms. The highest BCUT2D eigenvalue weighted by atomic mass is 35.5. The summed E-state index contributed by atoms with van der Waals surface area (Å²) in [5, 5.41) is 3.83. The molecule has 1 aliphatic rings. The van der Waals surface area contributed by atoms with Crippen LogP contribution in [0.2, 0.25) is 5.02 Å². The van der Waals surface area contributed by atoms with Crippen molar-refractivity contribution < 1.29 is 9.53 Å². The van der Waals surface area contributed by atoms with Gasteiger partial charge in [-0.05, 0) is 30.0 Å². The summed E-state index contributed by atoms with van der Waals surface area (Å²) in [6, 6.07) is 7.60. The van der Waals surface area contributed by atoms with Crippen molar-refractivity contribution in [3.8, 4) is 0 Å². The second-order valence-corrected chi connectivity index (χ2v) is 6.77.